The molecule has 0 radical (unpaired) electrons. The molecule has 21 heavy (non-hydrogen) atoms. The number of carbonyl (C=O) groups is 1. The summed E-state index contributed by atoms with van der Waals surface area (Å²) >= 11 is 0. The highest BCUT2D eigenvalue weighted by Crippen LogP contribution is 2.35. The van der Waals surface area contributed by atoms with Crippen LogP contribution in [0.2, 0.25) is 0 Å². The maximum atomic E-state index is 12.4. The lowest BCUT2D eigenvalue weighted by Gasteiger charge is -2.36. The molecule has 0 N–H and O–H groups in total. The molecular formula is C18H26O3. The van der Waals surface area contributed by atoms with Crippen molar-refractivity contribution in [1.82, 2.24) is 0 Å². The minimum absolute atomic E-state index is 0.0347. The molecule has 3 atom stereocenters. The van der Waals surface area contributed by atoms with Gasteiger partial charge in [-0.1, -0.05) is 33.3 Å². The van der Waals surface area contributed by atoms with Crippen LogP contribution in [0.5, 0.6) is 5.75 Å². The molecular weight excluding hydrogens is 264 g/mol. The lowest BCUT2D eigenvalue weighted by Crippen LogP contribution is -2.35. The Balaban J connectivity index is 2.08. The summed E-state index contributed by atoms with van der Waals surface area (Å²) in [5.74, 6) is 2.08. The topological polar surface area (TPSA) is 35.5 Å². The molecule has 1 aliphatic rings. The predicted octanol–water partition coefficient (Wildman–Crippen LogP) is 4.31. The van der Waals surface area contributed by atoms with Gasteiger partial charge < -0.3 is 9.47 Å². The summed E-state index contributed by atoms with van der Waals surface area (Å²) in [5.41, 5.74) is 0.565. The molecule has 0 heterocycles. The van der Waals surface area contributed by atoms with E-state index >= 15 is 0 Å². The Hall–Kier alpha value is -1.51. The van der Waals surface area contributed by atoms with Gasteiger partial charge in [0.1, 0.15) is 11.9 Å². The molecule has 1 aromatic rings. The van der Waals surface area contributed by atoms with Gasteiger partial charge in [-0.25, -0.2) is 4.79 Å². The molecule has 3 nitrogen and oxygen atoms in total. The second kappa shape index (κ2) is 6.97. The largest absolute Gasteiger partial charge is 0.497 e. The Morgan fingerprint density at radius 2 is 2.05 bits per heavy atom. The van der Waals surface area contributed by atoms with Crippen molar-refractivity contribution in [1.29, 1.82) is 0 Å². The zero-order valence-corrected chi connectivity index (χ0v) is 13.5. The Labute approximate surface area is 127 Å². The van der Waals surface area contributed by atoms with Gasteiger partial charge in [0, 0.05) is 0 Å². The van der Waals surface area contributed by atoms with Gasteiger partial charge >= 0.3 is 5.97 Å². The molecule has 1 aliphatic carbocycles. The van der Waals surface area contributed by atoms with Crippen molar-refractivity contribution >= 4 is 5.97 Å². The molecule has 3 heteroatoms. The first kappa shape index (κ1) is 15.9. The minimum atomic E-state index is -0.237. The molecule has 1 aromatic carbocycles. The maximum absolute atomic E-state index is 12.4. The molecule has 1 saturated carbocycles. The van der Waals surface area contributed by atoms with Gasteiger partial charge in [-0.3, -0.25) is 0 Å². The molecule has 0 bridgehead atoms. The van der Waals surface area contributed by atoms with Crippen LogP contribution >= 0.6 is 0 Å². The molecule has 0 aromatic heterocycles. The number of carbonyl (C=O) groups excluding carboxylic acids is 1. The van der Waals surface area contributed by atoms with Crippen LogP contribution in [0.4, 0.5) is 0 Å². The van der Waals surface area contributed by atoms with E-state index in [0.717, 1.165) is 12.8 Å². The summed E-state index contributed by atoms with van der Waals surface area (Å²) < 4.78 is 11.0. The second-order valence-corrected chi connectivity index (χ2v) is 6.50. The van der Waals surface area contributed by atoms with Crippen LogP contribution in [0.25, 0.3) is 0 Å². The highest BCUT2D eigenvalue weighted by atomic mass is 16.5. The zero-order chi connectivity index (χ0) is 15.4. The number of esters is 1. The molecule has 0 aliphatic heterocycles. The van der Waals surface area contributed by atoms with Crippen molar-refractivity contribution in [2.45, 2.75) is 46.1 Å². The van der Waals surface area contributed by atoms with Gasteiger partial charge in [0.05, 0.1) is 12.7 Å². The van der Waals surface area contributed by atoms with Crippen LogP contribution < -0.4 is 4.74 Å². The smallest absolute Gasteiger partial charge is 0.338 e. The van der Waals surface area contributed by atoms with Crippen LogP contribution in [-0.4, -0.2) is 19.2 Å². The van der Waals surface area contributed by atoms with Gasteiger partial charge in [-0.05, 0) is 48.8 Å². The van der Waals surface area contributed by atoms with Crippen molar-refractivity contribution in [3.05, 3.63) is 29.8 Å². The highest BCUT2D eigenvalue weighted by molar-refractivity contribution is 5.90. The number of rotatable bonds is 4. The Kier molecular flexibility index (Phi) is 5.27. The van der Waals surface area contributed by atoms with E-state index in [0.29, 0.717) is 29.1 Å². The zero-order valence-electron chi connectivity index (χ0n) is 13.5. The van der Waals surface area contributed by atoms with Crippen LogP contribution in [0.3, 0.4) is 0 Å². The average Bonchev–Trinajstić information content (AvgIpc) is 2.47. The monoisotopic (exact) mass is 290 g/mol. The molecule has 2 rings (SSSR count). The number of ether oxygens (including phenoxy) is 2. The first-order valence-corrected chi connectivity index (χ1v) is 7.86. The minimum Gasteiger partial charge on any atom is -0.497 e. The van der Waals surface area contributed by atoms with Gasteiger partial charge in [-0.2, -0.15) is 0 Å². The van der Waals surface area contributed by atoms with E-state index in [1.165, 1.54) is 6.42 Å². The summed E-state index contributed by atoms with van der Waals surface area (Å²) in [6.45, 7) is 6.67. The molecule has 0 saturated heterocycles. The molecule has 116 valence electrons. The van der Waals surface area contributed by atoms with E-state index in [9.17, 15) is 4.79 Å². The van der Waals surface area contributed by atoms with E-state index < -0.39 is 0 Å². The van der Waals surface area contributed by atoms with Gasteiger partial charge in [0.15, 0.2) is 0 Å². The fraction of sp³-hybridized carbons (Fsp3) is 0.611. The maximum Gasteiger partial charge on any atom is 0.338 e. The van der Waals surface area contributed by atoms with Gasteiger partial charge in [0.2, 0.25) is 0 Å². The quantitative estimate of drug-likeness (QED) is 0.775. The number of hydrogen-bond acceptors (Lipinski definition) is 3. The molecule has 0 spiro atoms. The van der Waals surface area contributed by atoms with E-state index in [-0.39, 0.29) is 12.1 Å². The first-order chi connectivity index (χ1) is 10.0. The van der Waals surface area contributed by atoms with Crippen LogP contribution in [0.1, 0.15) is 50.4 Å². The third-order valence-corrected chi connectivity index (χ3v) is 4.53. The third-order valence-electron chi connectivity index (χ3n) is 4.53. The van der Waals surface area contributed by atoms with E-state index in [4.69, 9.17) is 9.47 Å². The predicted molar refractivity (Wildman–Crippen MR) is 83.5 cm³/mol. The summed E-state index contributed by atoms with van der Waals surface area (Å²) in [6, 6.07) is 7.16. The highest BCUT2D eigenvalue weighted by Gasteiger charge is 2.33. The van der Waals surface area contributed by atoms with E-state index in [1.807, 2.05) is 12.1 Å². The Morgan fingerprint density at radius 3 is 2.71 bits per heavy atom. The Morgan fingerprint density at radius 1 is 1.29 bits per heavy atom. The number of benzene rings is 1. The molecule has 3 unspecified atom stereocenters. The summed E-state index contributed by atoms with van der Waals surface area (Å²) in [5, 5.41) is 0. The van der Waals surface area contributed by atoms with Crippen LogP contribution in [0.15, 0.2) is 24.3 Å². The standard InChI is InChI=1S/C18H26O3/c1-12(2)16-9-8-13(3)10-17(16)21-18(19)14-6-5-7-15(11-14)20-4/h5-7,11-13,16-17H,8-10H2,1-4H3. The van der Waals surface area contributed by atoms with Crippen molar-refractivity contribution in [3.8, 4) is 5.75 Å². The van der Waals surface area contributed by atoms with Crippen LogP contribution in [0, 0.1) is 17.8 Å². The van der Waals surface area contributed by atoms with Crippen LogP contribution in [-0.2, 0) is 4.74 Å². The number of methoxy groups -OCH3 is 1. The van der Waals surface area contributed by atoms with Crippen molar-refractivity contribution in [2.75, 3.05) is 7.11 Å². The van der Waals surface area contributed by atoms with E-state index in [2.05, 4.69) is 20.8 Å². The summed E-state index contributed by atoms with van der Waals surface area (Å²) in [4.78, 5) is 12.4. The number of hydrogen-bond donors (Lipinski definition) is 0. The summed E-state index contributed by atoms with van der Waals surface area (Å²) in [6.07, 6.45) is 3.39. The first-order valence-electron chi connectivity index (χ1n) is 7.86. The normalized spacial score (nSPS) is 25.7. The average molecular weight is 290 g/mol. The Bertz CT molecular complexity index is 481. The summed E-state index contributed by atoms with van der Waals surface area (Å²) in [7, 11) is 1.60. The molecule has 0 amide bonds. The van der Waals surface area contributed by atoms with Crippen molar-refractivity contribution in [3.63, 3.8) is 0 Å². The van der Waals surface area contributed by atoms with Crippen molar-refractivity contribution in [2.24, 2.45) is 17.8 Å². The lowest BCUT2D eigenvalue weighted by atomic mass is 9.75. The van der Waals surface area contributed by atoms with Crippen molar-refractivity contribution < 1.29 is 14.3 Å². The fourth-order valence-electron chi connectivity index (χ4n) is 3.21. The van der Waals surface area contributed by atoms with E-state index in [1.54, 1.807) is 19.2 Å². The third kappa shape index (κ3) is 3.99. The van der Waals surface area contributed by atoms with Gasteiger partial charge in [-0.15, -0.1) is 0 Å². The fourth-order valence-corrected chi connectivity index (χ4v) is 3.21. The second-order valence-electron chi connectivity index (χ2n) is 6.50. The lowest BCUT2D eigenvalue weighted by molar-refractivity contribution is -0.0174. The SMILES string of the molecule is COc1cccc(C(=O)OC2CC(C)CCC2C(C)C)c1. The van der Waals surface area contributed by atoms with Gasteiger partial charge in [0.25, 0.3) is 0 Å². The molecule has 1 fully saturated rings.